The summed E-state index contributed by atoms with van der Waals surface area (Å²) in [5.74, 6) is 0.349. The lowest BCUT2D eigenvalue weighted by atomic mass is 10.4. The SMILES string of the molecule is NCCCOc1cnn(CC(=O)N2CCCC2)c(=O)c1. The summed E-state index contributed by atoms with van der Waals surface area (Å²) >= 11 is 0. The van der Waals surface area contributed by atoms with Crippen molar-refractivity contribution in [3.05, 3.63) is 22.6 Å². The predicted octanol–water partition coefficient (Wildman–Crippen LogP) is -0.407. The third-order valence-electron chi connectivity index (χ3n) is 3.21. The van der Waals surface area contributed by atoms with Gasteiger partial charge in [0, 0.05) is 19.2 Å². The lowest BCUT2D eigenvalue weighted by Crippen LogP contribution is -2.35. The number of aromatic nitrogens is 2. The topological polar surface area (TPSA) is 90.4 Å². The summed E-state index contributed by atoms with van der Waals surface area (Å²) in [6.07, 6.45) is 4.23. The Bertz CT molecular complexity index is 509. The molecule has 0 unspecified atom stereocenters. The predicted molar refractivity (Wildman–Crippen MR) is 73.5 cm³/mol. The minimum absolute atomic E-state index is 0.0120. The molecule has 1 aromatic rings. The number of hydrogen-bond acceptors (Lipinski definition) is 5. The highest BCUT2D eigenvalue weighted by Gasteiger charge is 2.18. The van der Waals surface area contributed by atoms with Crippen molar-refractivity contribution in [2.24, 2.45) is 5.73 Å². The molecular weight excluding hydrogens is 260 g/mol. The Morgan fingerprint density at radius 2 is 2.15 bits per heavy atom. The Morgan fingerprint density at radius 1 is 1.40 bits per heavy atom. The summed E-state index contributed by atoms with van der Waals surface area (Å²) < 4.78 is 6.50. The van der Waals surface area contributed by atoms with E-state index >= 15 is 0 Å². The highest BCUT2D eigenvalue weighted by atomic mass is 16.5. The number of amides is 1. The quantitative estimate of drug-likeness (QED) is 0.716. The number of carbonyl (C=O) groups is 1. The zero-order chi connectivity index (χ0) is 14.4. The van der Waals surface area contributed by atoms with Crippen molar-refractivity contribution in [2.75, 3.05) is 26.2 Å². The highest BCUT2D eigenvalue weighted by molar-refractivity contribution is 5.76. The van der Waals surface area contributed by atoms with E-state index in [2.05, 4.69) is 5.10 Å². The van der Waals surface area contributed by atoms with E-state index in [1.54, 1.807) is 4.90 Å². The fraction of sp³-hybridized carbons (Fsp3) is 0.615. The normalized spacial score (nSPS) is 14.6. The maximum atomic E-state index is 11.9. The van der Waals surface area contributed by atoms with Crippen LogP contribution >= 0.6 is 0 Å². The van der Waals surface area contributed by atoms with Crippen molar-refractivity contribution in [3.8, 4) is 5.75 Å². The molecule has 1 aliphatic rings. The molecule has 0 saturated carbocycles. The van der Waals surface area contributed by atoms with E-state index in [1.165, 1.54) is 12.3 Å². The van der Waals surface area contributed by atoms with Gasteiger partial charge >= 0.3 is 0 Å². The number of hydrogen-bond donors (Lipinski definition) is 1. The highest BCUT2D eigenvalue weighted by Crippen LogP contribution is 2.08. The smallest absolute Gasteiger partial charge is 0.270 e. The number of carbonyl (C=O) groups excluding carboxylic acids is 1. The van der Waals surface area contributed by atoms with Gasteiger partial charge in [-0.15, -0.1) is 0 Å². The molecule has 1 amide bonds. The van der Waals surface area contributed by atoms with Crippen LogP contribution in [0.25, 0.3) is 0 Å². The van der Waals surface area contributed by atoms with Crippen LogP contribution in [0.3, 0.4) is 0 Å². The van der Waals surface area contributed by atoms with Crippen LogP contribution in [0.1, 0.15) is 19.3 Å². The monoisotopic (exact) mass is 280 g/mol. The van der Waals surface area contributed by atoms with Gasteiger partial charge in [-0.25, -0.2) is 4.68 Å². The van der Waals surface area contributed by atoms with Crippen LogP contribution in [0.5, 0.6) is 5.75 Å². The molecule has 2 rings (SSSR count). The molecule has 110 valence electrons. The molecule has 0 aliphatic carbocycles. The van der Waals surface area contributed by atoms with Gasteiger partial charge in [0.25, 0.3) is 5.56 Å². The zero-order valence-electron chi connectivity index (χ0n) is 11.5. The average Bonchev–Trinajstić information content (AvgIpc) is 2.96. The second-order valence-electron chi connectivity index (χ2n) is 4.77. The van der Waals surface area contributed by atoms with Crippen molar-refractivity contribution in [1.29, 1.82) is 0 Å². The lowest BCUT2D eigenvalue weighted by molar-refractivity contribution is -0.131. The number of ether oxygens (including phenoxy) is 1. The first-order valence-corrected chi connectivity index (χ1v) is 6.88. The number of likely N-dealkylation sites (tertiary alicyclic amines) is 1. The van der Waals surface area contributed by atoms with E-state index in [4.69, 9.17) is 10.5 Å². The van der Waals surface area contributed by atoms with Crippen molar-refractivity contribution < 1.29 is 9.53 Å². The molecule has 1 aromatic heterocycles. The van der Waals surface area contributed by atoms with E-state index in [0.29, 0.717) is 18.9 Å². The maximum absolute atomic E-state index is 11.9. The Morgan fingerprint density at radius 3 is 2.80 bits per heavy atom. The van der Waals surface area contributed by atoms with Gasteiger partial charge in [0.2, 0.25) is 5.91 Å². The van der Waals surface area contributed by atoms with E-state index in [-0.39, 0.29) is 18.0 Å². The summed E-state index contributed by atoms with van der Waals surface area (Å²) in [5.41, 5.74) is 5.03. The van der Waals surface area contributed by atoms with Crippen molar-refractivity contribution >= 4 is 5.91 Å². The molecule has 0 aromatic carbocycles. The molecule has 2 heterocycles. The molecule has 1 aliphatic heterocycles. The Labute approximate surface area is 117 Å². The maximum Gasteiger partial charge on any atom is 0.270 e. The van der Waals surface area contributed by atoms with Crippen LogP contribution in [0.15, 0.2) is 17.1 Å². The first-order valence-electron chi connectivity index (χ1n) is 6.88. The van der Waals surface area contributed by atoms with Gasteiger partial charge in [-0.1, -0.05) is 0 Å². The van der Waals surface area contributed by atoms with Crippen LogP contribution in [-0.2, 0) is 11.3 Å². The molecule has 1 saturated heterocycles. The lowest BCUT2D eigenvalue weighted by Gasteiger charge is -2.15. The molecule has 7 heteroatoms. The molecule has 20 heavy (non-hydrogen) atoms. The van der Waals surface area contributed by atoms with Crippen LogP contribution in [-0.4, -0.2) is 46.8 Å². The van der Waals surface area contributed by atoms with Gasteiger partial charge in [-0.2, -0.15) is 5.10 Å². The van der Waals surface area contributed by atoms with E-state index in [1.807, 2.05) is 0 Å². The molecule has 7 nitrogen and oxygen atoms in total. The van der Waals surface area contributed by atoms with Gasteiger partial charge in [0.15, 0.2) is 0 Å². The summed E-state index contributed by atoms with van der Waals surface area (Å²) in [5, 5.41) is 3.97. The largest absolute Gasteiger partial charge is 0.492 e. The summed E-state index contributed by atoms with van der Waals surface area (Å²) in [4.78, 5) is 25.6. The molecule has 0 radical (unpaired) electrons. The van der Waals surface area contributed by atoms with Gasteiger partial charge in [0.1, 0.15) is 12.3 Å². The summed E-state index contributed by atoms with van der Waals surface area (Å²) in [6, 6.07) is 1.35. The second-order valence-corrected chi connectivity index (χ2v) is 4.77. The molecule has 1 fully saturated rings. The molecule has 2 N–H and O–H groups in total. The summed E-state index contributed by atoms with van der Waals surface area (Å²) in [6.45, 7) is 2.52. The summed E-state index contributed by atoms with van der Waals surface area (Å²) in [7, 11) is 0. The molecule has 0 bridgehead atoms. The van der Waals surface area contributed by atoms with Crippen molar-refractivity contribution in [3.63, 3.8) is 0 Å². The fourth-order valence-corrected chi connectivity index (χ4v) is 2.08. The fourth-order valence-electron chi connectivity index (χ4n) is 2.08. The van der Waals surface area contributed by atoms with Gasteiger partial charge in [-0.05, 0) is 25.8 Å². The van der Waals surface area contributed by atoms with E-state index < -0.39 is 0 Å². The van der Waals surface area contributed by atoms with Crippen LogP contribution < -0.4 is 16.0 Å². The number of nitrogens with two attached hydrogens (primary N) is 1. The molecule has 0 atom stereocenters. The van der Waals surface area contributed by atoms with E-state index in [0.717, 1.165) is 37.0 Å². The van der Waals surface area contributed by atoms with Gasteiger partial charge in [0.05, 0.1) is 12.8 Å². The Balaban J connectivity index is 1.95. The minimum Gasteiger partial charge on any atom is -0.492 e. The van der Waals surface area contributed by atoms with Crippen LogP contribution in [0.2, 0.25) is 0 Å². The van der Waals surface area contributed by atoms with Crippen molar-refractivity contribution in [2.45, 2.75) is 25.8 Å². The van der Waals surface area contributed by atoms with Gasteiger partial charge < -0.3 is 15.4 Å². The zero-order valence-corrected chi connectivity index (χ0v) is 11.5. The third-order valence-corrected chi connectivity index (χ3v) is 3.21. The molecule has 0 spiro atoms. The van der Waals surface area contributed by atoms with Gasteiger partial charge in [-0.3, -0.25) is 9.59 Å². The average molecular weight is 280 g/mol. The first kappa shape index (κ1) is 14.5. The van der Waals surface area contributed by atoms with Crippen LogP contribution in [0, 0.1) is 0 Å². The Kier molecular flexibility index (Phi) is 5.11. The minimum atomic E-state index is -0.331. The number of nitrogens with zero attached hydrogens (tertiary/aromatic N) is 3. The standard InChI is InChI=1S/C13H20N4O3/c14-4-3-7-20-11-8-12(18)17(15-9-11)10-13(19)16-5-1-2-6-16/h8-9H,1-7,10,14H2. The third kappa shape index (κ3) is 3.80. The van der Waals surface area contributed by atoms with E-state index in [9.17, 15) is 9.59 Å². The Hall–Kier alpha value is -1.89. The van der Waals surface area contributed by atoms with Crippen LogP contribution in [0.4, 0.5) is 0 Å². The molecular formula is C13H20N4O3. The second kappa shape index (κ2) is 7.04. The van der Waals surface area contributed by atoms with Crippen molar-refractivity contribution in [1.82, 2.24) is 14.7 Å². The number of rotatable bonds is 6. The first-order chi connectivity index (χ1) is 9.70.